The highest BCUT2D eigenvalue weighted by Gasteiger charge is 2.26. The Hall–Kier alpha value is -0.700. The van der Waals surface area contributed by atoms with Gasteiger partial charge < -0.3 is 0 Å². The lowest BCUT2D eigenvalue weighted by molar-refractivity contribution is 0.0120. The van der Waals surface area contributed by atoms with E-state index in [-0.39, 0.29) is 5.82 Å². The van der Waals surface area contributed by atoms with Gasteiger partial charge in [-0.2, -0.15) is 0 Å². The third-order valence-corrected chi connectivity index (χ3v) is 2.49. The minimum absolute atomic E-state index is 0.356. The van der Waals surface area contributed by atoms with Gasteiger partial charge in [-0.05, 0) is 31.0 Å². The summed E-state index contributed by atoms with van der Waals surface area (Å²) in [6, 6.07) is 4.18. The molecule has 1 rings (SSSR count). The van der Waals surface area contributed by atoms with E-state index in [1.807, 2.05) is 0 Å². The van der Waals surface area contributed by atoms with E-state index in [0.29, 0.717) is 11.1 Å². The summed E-state index contributed by atoms with van der Waals surface area (Å²) in [5.74, 6) is -3.17. The van der Waals surface area contributed by atoms with E-state index in [1.165, 1.54) is 18.2 Å². The van der Waals surface area contributed by atoms with Crippen LogP contribution < -0.4 is 0 Å². The Labute approximate surface area is 92.1 Å². The first-order valence-electron chi connectivity index (χ1n) is 4.57. The molecular formula is C11H12ClF3. The summed E-state index contributed by atoms with van der Waals surface area (Å²) in [4.78, 5) is 0. The third kappa shape index (κ3) is 3.74. The Kier molecular flexibility index (Phi) is 3.66. The van der Waals surface area contributed by atoms with Crippen LogP contribution in [0.4, 0.5) is 13.2 Å². The Morgan fingerprint density at radius 3 is 2.47 bits per heavy atom. The maximum absolute atomic E-state index is 12.9. The van der Waals surface area contributed by atoms with E-state index in [4.69, 9.17) is 11.6 Å². The number of aryl methyl sites for hydroxylation is 1. The second kappa shape index (κ2) is 4.44. The molecule has 4 heteroatoms. The van der Waals surface area contributed by atoms with Crippen molar-refractivity contribution in [2.24, 2.45) is 0 Å². The van der Waals surface area contributed by atoms with Gasteiger partial charge in [-0.3, -0.25) is 0 Å². The molecule has 0 aromatic heterocycles. The number of rotatable bonds is 3. The molecule has 0 spiro atoms. The molecule has 0 bridgehead atoms. The van der Waals surface area contributed by atoms with Gasteiger partial charge in [0, 0.05) is 6.42 Å². The molecule has 0 aliphatic heterocycles. The Morgan fingerprint density at radius 2 is 2.00 bits per heavy atom. The van der Waals surface area contributed by atoms with Crippen molar-refractivity contribution in [1.29, 1.82) is 0 Å². The van der Waals surface area contributed by atoms with Crippen molar-refractivity contribution in [2.75, 3.05) is 0 Å². The van der Waals surface area contributed by atoms with Crippen molar-refractivity contribution in [3.63, 3.8) is 0 Å². The molecule has 0 saturated carbocycles. The molecule has 0 aliphatic rings. The smallest absolute Gasteiger partial charge is 0.207 e. The largest absolute Gasteiger partial charge is 0.247 e. The number of halogens is 4. The van der Waals surface area contributed by atoms with Gasteiger partial charge in [-0.25, -0.2) is 13.2 Å². The summed E-state index contributed by atoms with van der Waals surface area (Å²) in [5, 5.41) is -0.788. The molecule has 0 aliphatic carbocycles. The molecule has 1 aromatic rings. The molecule has 0 radical (unpaired) electrons. The number of alkyl halides is 3. The van der Waals surface area contributed by atoms with Crippen molar-refractivity contribution in [2.45, 2.75) is 31.6 Å². The lowest BCUT2D eigenvalue weighted by Crippen LogP contribution is -2.12. The fourth-order valence-corrected chi connectivity index (χ4v) is 1.70. The average molecular weight is 237 g/mol. The first-order valence-corrected chi connectivity index (χ1v) is 5.01. The minimum Gasteiger partial charge on any atom is -0.207 e. The van der Waals surface area contributed by atoms with Crippen molar-refractivity contribution in [1.82, 2.24) is 0 Å². The predicted molar refractivity (Wildman–Crippen MR) is 55.0 cm³/mol. The third-order valence-electron chi connectivity index (χ3n) is 2.08. The summed E-state index contributed by atoms with van der Waals surface area (Å²) in [6.45, 7) is 2.39. The van der Waals surface area contributed by atoms with Crippen LogP contribution in [0, 0.1) is 12.7 Å². The Morgan fingerprint density at radius 1 is 1.40 bits per heavy atom. The highest BCUT2D eigenvalue weighted by atomic mass is 35.5. The lowest BCUT2D eigenvalue weighted by atomic mass is 10.0. The molecule has 0 nitrogen and oxygen atoms in total. The number of benzene rings is 1. The molecule has 0 saturated heterocycles. The maximum Gasteiger partial charge on any atom is 0.247 e. The van der Waals surface area contributed by atoms with Gasteiger partial charge in [-0.15, -0.1) is 11.6 Å². The molecule has 0 heterocycles. The van der Waals surface area contributed by atoms with Crippen LogP contribution in [0.25, 0.3) is 0 Å². The molecule has 1 atom stereocenters. The van der Waals surface area contributed by atoms with E-state index >= 15 is 0 Å². The Balaban J connectivity index is 2.83. The quantitative estimate of drug-likeness (QED) is 0.680. The zero-order valence-corrected chi connectivity index (χ0v) is 9.28. The van der Waals surface area contributed by atoms with E-state index in [0.717, 1.165) is 6.92 Å². The summed E-state index contributed by atoms with van der Waals surface area (Å²) in [7, 11) is 0. The number of hydrogen-bond acceptors (Lipinski definition) is 0. The van der Waals surface area contributed by atoms with Crippen LogP contribution in [0.1, 0.15) is 29.8 Å². The van der Waals surface area contributed by atoms with Crippen LogP contribution in [0.3, 0.4) is 0 Å². The molecule has 0 amide bonds. The van der Waals surface area contributed by atoms with Crippen molar-refractivity contribution in [3.05, 3.63) is 35.1 Å². The van der Waals surface area contributed by atoms with Crippen LogP contribution in [-0.2, 0) is 0 Å². The van der Waals surface area contributed by atoms with Crippen LogP contribution in [0.15, 0.2) is 18.2 Å². The summed E-state index contributed by atoms with van der Waals surface area (Å²) in [6.07, 6.45) is -0.445. The Bertz CT molecular complexity index is 344. The number of hydrogen-bond donors (Lipinski definition) is 0. The van der Waals surface area contributed by atoms with Crippen LogP contribution in [0.5, 0.6) is 0 Å². The molecule has 1 aromatic carbocycles. The van der Waals surface area contributed by atoms with Gasteiger partial charge in [0.15, 0.2) is 0 Å². The van der Waals surface area contributed by atoms with Gasteiger partial charge in [0.2, 0.25) is 5.92 Å². The molecule has 0 fully saturated rings. The highest BCUT2D eigenvalue weighted by Crippen LogP contribution is 2.33. The maximum atomic E-state index is 12.9. The SMILES string of the molecule is Cc1cc(C(Cl)CC(C)(F)F)ccc1F. The van der Waals surface area contributed by atoms with Crippen LogP contribution >= 0.6 is 11.6 Å². The zero-order valence-electron chi connectivity index (χ0n) is 8.53. The average Bonchev–Trinajstić information content (AvgIpc) is 2.06. The van der Waals surface area contributed by atoms with E-state index in [1.54, 1.807) is 6.92 Å². The fourth-order valence-electron chi connectivity index (χ4n) is 1.30. The van der Waals surface area contributed by atoms with Crippen molar-refractivity contribution >= 4 is 11.6 Å². The molecule has 1 unspecified atom stereocenters. The van der Waals surface area contributed by atoms with Gasteiger partial charge in [-0.1, -0.05) is 12.1 Å². The van der Waals surface area contributed by atoms with Gasteiger partial charge in [0.1, 0.15) is 5.82 Å². The zero-order chi connectivity index (χ0) is 11.6. The first kappa shape index (κ1) is 12.4. The molecular weight excluding hydrogens is 225 g/mol. The van der Waals surface area contributed by atoms with E-state index in [2.05, 4.69) is 0 Å². The summed E-state index contributed by atoms with van der Waals surface area (Å²) in [5.41, 5.74) is 0.940. The van der Waals surface area contributed by atoms with Crippen molar-refractivity contribution < 1.29 is 13.2 Å². The van der Waals surface area contributed by atoms with E-state index < -0.39 is 17.7 Å². The minimum atomic E-state index is -2.81. The molecule has 0 N–H and O–H groups in total. The predicted octanol–water partition coefficient (Wildman–Crippen LogP) is 4.46. The fraction of sp³-hybridized carbons (Fsp3) is 0.455. The summed E-state index contributed by atoms with van der Waals surface area (Å²) >= 11 is 5.81. The molecule has 84 valence electrons. The normalized spacial score (nSPS) is 14.0. The van der Waals surface area contributed by atoms with Gasteiger partial charge in [0.05, 0.1) is 5.38 Å². The van der Waals surface area contributed by atoms with E-state index in [9.17, 15) is 13.2 Å². The van der Waals surface area contributed by atoms with Crippen molar-refractivity contribution in [3.8, 4) is 0 Å². The second-order valence-corrected chi connectivity index (χ2v) is 4.28. The highest BCUT2D eigenvalue weighted by molar-refractivity contribution is 6.20. The molecule has 15 heavy (non-hydrogen) atoms. The first-order chi connectivity index (χ1) is 6.79. The van der Waals surface area contributed by atoms with Gasteiger partial charge >= 0.3 is 0 Å². The summed E-state index contributed by atoms with van der Waals surface area (Å²) < 4.78 is 38.3. The standard InChI is InChI=1S/C11H12ClF3/c1-7-5-8(3-4-10(7)13)9(12)6-11(2,14)15/h3-5,9H,6H2,1-2H3. The lowest BCUT2D eigenvalue weighted by Gasteiger charge is -2.15. The van der Waals surface area contributed by atoms with Gasteiger partial charge in [0.25, 0.3) is 0 Å². The monoisotopic (exact) mass is 236 g/mol. The van der Waals surface area contributed by atoms with Crippen LogP contribution in [0.2, 0.25) is 0 Å². The second-order valence-electron chi connectivity index (χ2n) is 3.75. The topological polar surface area (TPSA) is 0 Å². The van der Waals surface area contributed by atoms with Crippen LogP contribution in [-0.4, -0.2) is 5.92 Å².